The molecule has 0 unspecified atom stereocenters. The first-order valence-corrected chi connectivity index (χ1v) is 12.2. The van der Waals surface area contributed by atoms with E-state index in [-0.39, 0.29) is 23.7 Å². The third-order valence-corrected chi connectivity index (χ3v) is 6.49. The Hall–Kier alpha value is -3.95. The van der Waals surface area contributed by atoms with Gasteiger partial charge in [0.1, 0.15) is 5.82 Å². The van der Waals surface area contributed by atoms with E-state index in [4.69, 9.17) is 0 Å². The average Bonchev–Trinajstić information content (AvgIpc) is 2.89. The Labute approximate surface area is 209 Å². The highest BCUT2D eigenvalue weighted by molar-refractivity contribution is 6.39. The molecule has 0 saturated carbocycles. The number of anilines is 3. The number of rotatable bonds is 5. The fourth-order valence-electron chi connectivity index (χ4n) is 4.41. The van der Waals surface area contributed by atoms with Crippen molar-refractivity contribution in [2.45, 2.75) is 32.1 Å². The van der Waals surface area contributed by atoms with E-state index in [0.29, 0.717) is 62.5 Å². The molecule has 5 amide bonds. The summed E-state index contributed by atoms with van der Waals surface area (Å²) in [5.41, 5.74) is 1.68. The zero-order valence-electron chi connectivity index (χ0n) is 20.0. The van der Waals surface area contributed by atoms with Gasteiger partial charge < -0.3 is 25.8 Å². The van der Waals surface area contributed by atoms with Gasteiger partial charge in [-0.3, -0.25) is 14.4 Å². The Morgan fingerprint density at radius 3 is 2.36 bits per heavy atom. The number of nitrogens with zero attached hydrogens (tertiary/aromatic N) is 2. The zero-order valence-corrected chi connectivity index (χ0v) is 20.0. The normalized spacial score (nSPS) is 16.4. The number of carbonyl (C=O) groups is 4. The van der Waals surface area contributed by atoms with E-state index in [1.54, 1.807) is 28.0 Å². The fourth-order valence-corrected chi connectivity index (χ4v) is 4.41. The largest absolute Gasteiger partial charge is 0.348 e. The molecule has 190 valence electrons. The van der Waals surface area contributed by atoms with Crippen molar-refractivity contribution in [3.8, 4) is 0 Å². The van der Waals surface area contributed by atoms with Gasteiger partial charge in [0, 0.05) is 49.7 Å². The standard InChI is InChI=1S/C26H30FN5O4/c27-19-7-9-20(10-8-19)30-26(36)31-14-11-18(12-15-31)17-28-24(34)25(35)29-21-4-3-5-22(16-21)32-13-2-1-6-23(32)33/h3-5,7-10,16,18H,1-2,6,11-15,17H2,(H,28,34)(H,29,35)(H,30,36). The lowest BCUT2D eigenvalue weighted by atomic mass is 9.97. The van der Waals surface area contributed by atoms with Crippen LogP contribution in [0, 0.1) is 11.7 Å². The van der Waals surface area contributed by atoms with Crippen LogP contribution in [0.15, 0.2) is 48.5 Å². The van der Waals surface area contributed by atoms with Crippen LogP contribution in [-0.2, 0) is 14.4 Å². The lowest BCUT2D eigenvalue weighted by Gasteiger charge is -2.32. The second-order valence-electron chi connectivity index (χ2n) is 9.08. The Bertz CT molecular complexity index is 1120. The Morgan fingerprint density at radius 2 is 1.64 bits per heavy atom. The van der Waals surface area contributed by atoms with Crippen LogP contribution in [0.4, 0.5) is 26.2 Å². The molecule has 10 heteroatoms. The van der Waals surface area contributed by atoms with Crippen molar-refractivity contribution in [3.05, 3.63) is 54.3 Å². The molecule has 36 heavy (non-hydrogen) atoms. The molecule has 2 aliphatic heterocycles. The number of urea groups is 1. The second kappa shape index (κ2) is 11.7. The quantitative estimate of drug-likeness (QED) is 0.553. The van der Waals surface area contributed by atoms with Crippen LogP contribution in [0.2, 0.25) is 0 Å². The van der Waals surface area contributed by atoms with E-state index in [2.05, 4.69) is 16.0 Å². The summed E-state index contributed by atoms with van der Waals surface area (Å²) in [4.78, 5) is 52.7. The van der Waals surface area contributed by atoms with Crippen molar-refractivity contribution in [2.24, 2.45) is 5.92 Å². The molecule has 2 aromatic rings. The van der Waals surface area contributed by atoms with Gasteiger partial charge >= 0.3 is 17.8 Å². The second-order valence-corrected chi connectivity index (χ2v) is 9.08. The van der Waals surface area contributed by atoms with Crippen LogP contribution in [0.3, 0.4) is 0 Å². The predicted octanol–water partition coefficient (Wildman–Crippen LogP) is 3.34. The third-order valence-electron chi connectivity index (χ3n) is 6.49. The number of nitrogens with one attached hydrogen (secondary N) is 3. The molecule has 0 aromatic heterocycles. The number of likely N-dealkylation sites (tertiary alicyclic amines) is 1. The smallest absolute Gasteiger partial charge is 0.321 e. The van der Waals surface area contributed by atoms with Crippen LogP contribution in [0.5, 0.6) is 0 Å². The Kier molecular flexibility index (Phi) is 8.14. The molecule has 2 heterocycles. The van der Waals surface area contributed by atoms with Crippen molar-refractivity contribution < 1.29 is 23.6 Å². The lowest BCUT2D eigenvalue weighted by Crippen LogP contribution is -2.44. The van der Waals surface area contributed by atoms with Gasteiger partial charge in [0.25, 0.3) is 0 Å². The maximum Gasteiger partial charge on any atom is 0.321 e. The van der Waals surface area contributed by atoms with Crippen LogP contribution >= 0.6 is 0 Å². The van der Waals surface area contributed by atoms with Crippen molar-refractivity contribution >= 4 is 40.8 Å². The van der Waals surface area contributed by atoms with E-state index < -0.39 is 11.8 Å². The van der Waals surface area contributed by atoms with Gasteiger partial charge in [-0.25, -0.2) is 9.18 Å². The number of piperidine rings is 2. The van der Waals surface area contributed by atoms with Crippen molar-refractivity contribution in [1.29, 1.82) is 0 Å². The van der Waals surface area contributed by atoms with Gasteiger partial charge in [0.05, 0.1) is 0 Å². The number of amides is 5. The highest BCUT2D eigenvalue weighted by Gasteiger charge is 2.25. The fraction of sp³-hybridized carbons (Fsp3) is 0.385. The zero-order chi connectivity index (χ0) is 25.5. The van der Waals surface area contributed by atoms with Crippen molar-refractivity contribution in [2.75, 3.05) is 41.7 Å². The molecule has 0 bridgehead atoms. The first kappa shape index (κ1) is 25.2. The molecule has 9 nitrogen and oxygen atoms in total. The summed E-state index contributed by atoms with van der Waals surface area (Å²) >= 11 is 0. The van der Waals surface area contributed by atoms with Crippen LogP contribution in [0.1, 0.15) is 32.1 Å². The molecule has 2 fully saturated rings. The summed E-state index contributed by atoms with van der Waals surface area (Å²) in [6.45, 7) is 2.01. The molecule has 2 aliphatic rings. The maximum atomic E-state index is 13.0. The number of halogens is 1. The summed E-state index contributed by atoms with van der Waals surface area (Å²) in [7, 11) is 0. The molecule has 0 radical (unpaired) electrons. The summed E-state index contributed by atoms with van der Waals surface area (Å²) in [6.07, 6.45) is 3.70. The van der Waals surface area contributed by atoms with E-state index in [1.165, 1.54) is 24.3 Å². The van der Waals surface area contributed by atoms with Crippen LogP contribution in [0.25, 0.3) is 0 Å². The third kappa shape index (κ3) is 6.59. The first-order valence-electron chi connectivity index (χ1n) is 12.2. The molecule has 4 rings (SSSR count). The summed E-state index contributed by atoms with van der Waals surface area (Å²) < 4.78 is 13.0. The van der Waals surface area contributed by atoms with Gasteiger partial charge in [0.2, 0.25) is 5.91 Å². The predicted molar refractivity (Wildman–Crippen MR) is 134 cm³/mol. The number of hydrogen-bond donors (Lipinski definition) is 3. The SMILES string of the molecule is O=C(NCC1CCN(C(=O)Nc2ccc(F)cc2)CC1)C(=O)Nc1cccc(N2CCCCC2=O)c1. The summed E-state index contributed by atoms with van der Waals surface area (Å²) in [5, 5.41) is 8.02. The van der Waals surface area contributed by atoms with Gasteiger partial charge in [-0.2, -0.15) is 0 Å². The van der Waals surface area contributed by atoms with Crippen molar-refractivity contribution in [1.82, 2.24) is 10.2 Å². The van der Waals surface area contributed by atoms with E-state index in [1.807, 2.05) is 6.07 Å². The summed E-state index contributed by atoms with van der Waals surface area (Å²) in [5.74, 6) is -1.67. The van der Waals surface area contributed by atoms with Crippen LogP contribution in [-0.4, -0.2) is 54.8 Å². The molecule has 0 spiro atoms. The maximum absolute atomic E-state index is 13.0. The molecule has 0 aliphatic carbocycles. The van der Waals surface area contributed by atoms with E-state index in [0.717, 1.165) is 12.8 Å². The van der Waals surface area contributed by atoms with Gasteiger partial charge in [-0.1, -0.05) is 6.07 Å². The topological polar surface area (TPSA) is 111 Å². The van der Waals surface area contributed by atoms with Gasteiger partial charge in [0.15, 0.2) is 0 Å². The molecular weight excluding hydrogens is 465 g/mol. The molecule has 0 atom stereocenters. The molecular formula is C26H30FN5O4. The molecule has 3 N–H and O–H groups in total. The monoisotopic (exact) mass is 495 g/mol. The lowest BCUT2D eigenvalue weighted by molar-refractivity contribution is -0.136. The number of hydrogen-bond acceptors (Lipinski definition) is 4. The van der Waals surface area contributed by atoms with E-state index >= 15 is 0 Å². The van der Waals surface area contributed by atoms with Crippen LogP contribution < -0.4 is 20.9 Å². The minimum Gasteiger partial charge on any atom is -0.348 e. The minimum atomic E-state index is -0.770. The van der Waals surface area contributed by atoms with Crippen molar-refractivity contribution in [3.63, 3.8) is 0 Å². The van der Waals surface area contributed by atoms with E-state index in [9.17, 15) is 23.6 Å². The highest BCUT2D eigenvalue weighted by Crippen LogP contribution is 2.24. The number of benzene rings is 2. The highest BCUT2D eigenvalue weighted by atomic mass is 19.1. The van der Waals surface area contributed by atoms with Gasteiger partial charge in [-0.15, -0.1) is 0 Å². The number of carbonyl (C=O) groups excluding carboxylic acids is 4. The molecule has 2 aromatic carbocycles. The summed E-state index contributed by atoms with van der Waals surface area (Å²) in [6, 6.07) is 12.2. The molecule has 2 saturated heterocycles. The Morgan fingerprint density at radius 1 is 0.889 bits per heavy atom. The van der Waals surface area contributed by atoms with Gasteiger partial charge in [-0.05, 0) is 74.1 Å². The first-order chi connectivity index (χ1) is 17.4. The minimum absolute atomic E-state index is 0.0569. The Balaban J connectivity index is 1.20. The average molecular weight is 496 g/mol.